The Hall–Kier alpha value is -3.74. The summed E-state index contributed by atoms with van der Waals surface area (Å²) < 4.78 is 5.35. The number of thiophene rings is 1. The van der Waals surface area contributed by atoms with E-state index < -0.39 is 5.97 Å². The van der Waals surface area contributed by atoms with E-state index in [2.05, 4.69) is 0 Å². The molecule has 0 fully saturated rings. The molecule has 35 heavy (non-hydrogen) atoms. The number of fused-ring (bicyclic) bond motifs is 1. The number of halogens is 1. The normalized spacial score (nSPS) is 13.8. The lowest BCUT2D eigenvalue weighted by Crippen LogP contribution is -2.29. The van der Waals surface area contributed by atoms with Crippen molar-refractivity contribution in [3.05, 3.63) is 106 Å². The number of hydrogen-bond donors (Lipinski definition) is 0. The average molecular weight is 501 g/mol. The lowest BCUT2D eigenvalue weighted by atomic mass is 10.0. The van der Waals surface area contributed by atoms with Crippen molar-refractivity contribution in [2.75, 3.05) is 11.5 Å². The third kappa shape index (κ3) is 4.50. The molecule has 0 unspecified atom stereocenters. The van der Waals surface area contributed by atoms with Gasteiger partial charge in [0.05, 0.1) is 18.8 Å². The molecule has 1 aliphatic rings. The van der Waals surface area contributed by atoms with Crippen molar-refractivity contribution in [3.8, 4) is 11.1 Å². The first-order valence-corrected chi connectivity index (χ1v) is 12.4. The number of ether oxygens (including phenoxy) is 1. The van der Waals surface area contributed by atoms with Crippen molar-refractivity contribution in [3.63, 3.8) is 0 Å². The second-order valence-electron chi connectivity index (χ2n) is 7.91. The topological polar surface area (TPSA) is 59.0 Å². The van der Waals surface area contributed by atoms with Crippen LogP contribution < -0.4 is 4.90 Å². The quantitative estimate of drug-likeness (QED) is 0.270. The van der Waals surface area contributed by atoms with E-state index in [4.69, 9.17) is 21.3 Å². The van der Waals surface area contributed by atoms with Gasteiger partial charge in [-0.15, -0.1) is 11.3 Å². The standard InChI is InChI=1S/C28H21ClN2O3S/c1-2-34-28(33)24-22(19-12-14-20(29)15-13-19)17-35-26(24)30-25-21-10-6-7-11-23(21)31(27(25)32)16-18-8-4-3-5-9-18/h3-15,17H,2,16H2,1H3/b30-25-. The fraction of sp³-hybridized carbons (Fsp3) is 0.107. The number of carbonyl (C=O) groups is 2. The Labute approximate surface area is 212 Å². The lowest BCUT2D eigenvalue weighted by Gasteiger charge is -2.16. The fourth-order valence-electron chi connectivity index (χ4n) is 4.07. The van der Waals surface area contributed by atoms with E-state index in [0.29, 0.717) is 33.4 Å². The second kappa shape index (κ2) is 9.86. The highest BCUT2D eigenvalue weighted by atomic mass is 35.5. The molecular weight excluding hydrogens is 480 g/mol. The van der Waals surface area contributed by atoms with Crippen LogP contribution in [0, 0.1) is 0 Å². The summed E-state index contributed by atoms with van der Waals surface area (Å²) in [5, 5.41) is 2.91. The Morgan fingerprint density at radius 1 is 0.971 bits per heavy atom. The van der Waals surface area contributed by atoms with Gasteiger partial charge in [0, 0.05) is 21.5 Å². The van der Waals surface area contributed by atoms with E-state index in [9.17, 15) is 9.59 Å². The smallest absolute Gasteiger partial charge is 0.341 e. The van der Waals surface area contributed by atoms with Crippen LogP contribution in [0.4, 0.5) is 10.7 Å². The van der Waals surface area contributed by atoms with Gasteiger partial charge in [0.2, 0.25) is 0 Å². The highest BCUT2D eigenvalue weighted by molar-refractivity contribution is 7.15. The molecule has 0 saturated heterocycles. The second-order valence-corrected chi connectivity index (χ2v) is 9.21. The minimum Gasteiger partial charge on any atom is -0.462 e. The number of amides is 1. The maximum atomic E-state index is 13.6. The molecule has 5 rings (SSSR count). The molecule has 2 heterocycles. The molecule has 0 aliphatic carbocycles. The first-order valence-electron chi connectivity index (χ1n) is 11.1. The number of esters is 1. The summed E-state index contributed by atoms with van der Waals surface area (Å²) in [6.45, 7) is 2.42. The predicted octanol–water partition coefficient (Wildman–Crippen LogP) is 6.91. The number of carbonyl (C=O) groups excluding carboxylic acids is 2. The molecule has 0 bridgehead atoms. The zero-order chi connectivity index (χ0) is 24.4. The van der Waals surface area contributed by atoms with Gasteiger partial charge < -0.3 is 9.64 Å². The number of anilines is 1. The molecule has 0 saturated carbocycles. The largest absolute Gasteiger partial charge is 0.462 e. The van der Waals surface area contributed by atoms with Gasteiger partial charge in [0.1, 0.15) is 16.3 Å². The summed E-state index contributed by atoms with van der Waals surface area (Å²) >= 11 is 7.36. The van der Waals surface area contributed by atoms with Crippen LogP contribution in [0.15, 0.2) is 89.2 Å². The molecule has 0 N–H and O–H groups in total. The summed E-state index contributed by atoms with van der Waals surface area (Å²) in [6.07, 6.45) is 0. The molecule has 0 spiro atoms. The van der Waals surface area contributed by atoms with Crippen LogP contribution in [-0.4, -0.2) is 24.2 Å². The number of aliphatic imine (C=N–C) groups is 1. The monoisotopic (exact) mass is 500 g/mol. The van der Waals surface area contributed by atoms with Crippen LogP contribution in [0.1, 0.15) is 28.4 Å². The maximum Gasteiger partial charge on any atom is 0.341 e. The van der Waals surface area contributed by atoms with Crippen LogP contribution in [0.3, 0.4) is 0 Å². The molecule has 1 amide bonds. The lowest BCUT2D eigenvalue weighted by molar-refractivity contribution is -0.112. The molecule has 1 aliphatic heterocycles. The van der Waals surface area contributed by atoms with Crippen molar-refractivity contribution in [1.82, 2.24) is 0 Å². The van der Waals surface area contributed by atoms with Crippen LogP contribution in [0.25, 0.3) is 11.1 Å². The summed E-state index contributed by atoms with van der Waals surface area (Å²) in [5.74, 6) is -0.677. The summed E-state index contributed by atoms with van der Waals surface area (Å²) in [5.41, 5.74) is 4.74. The van der Waals surface area contributed by atoms with Crippen LogP contribution in [-0.2, 0) is 16.1 Å². The van der Waals surface area contributed by atoms with E-state index in [-0.39, 0.29) is 12.5 Å². The Bertz CT molecular complexity index is 1430. The number of para-hydroxylation sites is 1. The Balaban J connectivity index is 1.60. The Morgan fingerprint density at radius 2 is 1.69 bits per heavy atom. The highest BCUT2D eigenvalue weighted by Crippen LogP contribution is 2.40. The first-order chi connectivity index (χ1) is 17.1. The molecular formula is C28H21ClN2O3S. The van der Waals surface area contributed by atoms with Gasteiger partial charge in [0.15, 0.2) is 0 Å². The molecule has 0 radical (unpaired) electrons. The Morgan fingerprint density at radius 3 is 2.43 bits per heavy atom. The Kier molecular flexibility index (Phi) is 6.49. The van der Waals surface area contributed by atoms with E-state index >= 15 is 0 Å². The number of benzene rings is 3. The van der Waals surface area contributed by atoms with E-state index in [1.165, 1.54) is 11.3 Å². The van der Waals surface area contributed by atoms with Crippen LogP contribution in [0.5, 0.6) is 0 Å². The number of hydrogen-bond acceptors (Lipinski definition) is 5. The van der Waals surface area contributed by atoms with E-state index in [1.807, 2.05) is 72.1 Å². The molecule has 1 aromatic heterocycles. The summed E-state index contributed by atoms with van der Waals surface area (Å²) in [7, 11) is 0. The van der Waals surface area contributed by atoms with Gasteiger partial charge in [-0.1, -0.05) is 72.3 Å². The first kappa shape index (κ1) is 23.0. The van der Waals surface area contributed by atoms with Crippen LogP contribution in [0.2, 0.25) is 5.02 Å². The molecule has 4 aromatic rings. The molecule has 7 heteroatoms. The SMILES string of the molecule is CCOC(=O)c1c(-c2ccc(Cl)cc2)csc1/N=C1\C(=O)N(Cc2ccccc2)c2ccccc21. The number of nitrogens with zero attached hydrogens (tertiary/aromatic N) is 2. The van der Waals surface area contributed by atoms with Gasteiger partial charge in [-0.25, -0.2) is 9.79 Å². The fourth-order valence-corrected chi connectivity index (χ4v) is 5.13. The minimum absolute atomic E-state index is 0.202. The van der Waals surface area contributed by atoms with Gasteiger partial charge in [-0.05, 0) is 36.2 Å². The average Bonchev–Trinajstić information content (AvgIpc) is 3.41. The van der Waals surface area contributed by atoms with Crippen molar-refractivity contribution in [2.24, 2.45) is 4.99 Å². The third-order valence-corrected chi connectivity index (χ3v) is 6.83. The zero-order valence-corrected chi connectivity index (χ0v) is 20.5. The maximum absolute atomic E-state index is 13.6. The summed E-state index contributed by atoms with van der Waals surface area (Å²) in [6, 6.07) is 24.6. The van der Waals surface area contributed by atoms with Crippen molar-refractivity contribution in [2.45, 2.75) is 13.5 Å². The minimum atomic E-state index is -0.474. The van der Waals surface area contributed by atoms with Gasteiger partial charge in [-0.2, -0.15) is 0 Å². The van der Waals surface area contributed by atoms with Gasteiger partial charge >= 0.3 is 5.97 Å². The van der Waals surface area contributed by atoms with Crippen LogP contribution >= 0.6 is 22.9 Å². The summed E-state index contributed by atoms with van der Waals surface area (Å²) in [4.78, 5) is 33.0. The van der Waals surface area contributed by atoms with Gasteiger partial charge in [0.25, 0.3) is 5.91 Å². The number of rotatable bonds is 6. The third-order valence-electron chi connectivity index (χ3n) is 5.70. The van der Waals surface area contributed by atoms with Crippen molar-refractivity contribution >= 4 is 51.2 Å². The zero-order valence-electron chi connectivity index (χ0n) is 18.9. The molecule has 5 nitrogen and oxygen atoms in total. The van der Waals surface area contributed by atoms with Crippen molar-refractivity contribution in [1.29, 1.82) is 0 Å². The van der Waals surface area contributed by atoms with Crippen molar-refractivity contribution < 1.29 is 14.3 Å². The molecule has 0 atom stereocenters. The molecule has 3 aromatic carbocycles. The predicted molar refractivity (Wildman–Crippen MR) is 141 cm³/mol. The van der Waals surface area contributed by atoms with E-state index in [0.717, 1.165) is 22.4 Å². The van der Waals surface area contributed by atoms with E-state index in [1.54, 1.807) is 24.0 Å². The molecule has 174 valence electrons. The highest BCUT2D eigenvalue weighted by Gasteiger charge is 2.34. The van der Waals surface area contributed by atoms with Gasteiger partial charge in [-0.3, -0.25) is 4.79 Å².